The van der Waals surface area contributed by atoms with Gasteiger partial charge in [-0.15, -0.1) is 0 Å². The zero-order chi connectivity index (χ0) is 19.5. The van der Waals surface area contributed by atoms with Crippen molar-refractivity contribution in [3.8, 4) is 11.1 Å². The Kier molecular flexibility index (Phi) is 4.72. The third-order valence-corrected chi connectivity index (χ3v) is 4.69. The topological polar surface area (TPSA) is 81.8 Å². The number of aryl methyl sites for hydroxylation is 1. The molecular weight excluding hydrogens is 354 g/mol. The molecular formula is C21H19N5O2. The minimum absolute atomic E-state index is 0.381. The van der Waals surface area contributed by atoms with Crippen molar-refractivity contribution >= 4 is 17.1 Å². The fraction of sp³-hybridized carbons (Fsp3) is 0.143. The van der Waals surface area contributed by atoms with Crippen molar-refractivity contribution in [1.82, 2.24) is 24.4 Å². The maximum Gasteiger partial charge on any atom is 0.337 e. The second kappa shape index (κ2) is 7.48. The number of benzene rings is 2. The molecule has 28 heavy (non-hydrogen) atoms. The van der Waals surface area contributed by atoms with Gasteiger partial charge in [-0.1, -0.05) is 36.4 Å². The molecule has 0 unspecified atom stereocenters. The van der Waals surface area contributed by atoms with Crippen molar-refractivity contribution in [2.24, 2.45) is 7.05 Å². The van der Waals surface area contributed by atoms with Crippen molar-refractivity contribution in [2.45, 2.75) is 6.42 Å². The van der Waals surface area contributed by atoms with E-state index in [2.05, 4.69) is 15.3 Å². The van der Waals surface area contributed by atoms with E-state index in [1.807, 2.05) is 42.5 Å². The molecule has 0 spiro atoms. The molecule has 0 aliphatic rings. The van der Waals surface area contributed by atoms with Crippen LogP contribution in [0.1, 0.15) is 5.56 Å². The maximum atomic E-state index is 12.7. The smallest absolute Gasteiger partial charge is 0.337 e. The predicted octanol–water partition coefficient (Wildman–Crippen LogP) is 2.60. The van der Waals surface area contributed by atoms with E-state index in [1.54, 1.807) is 25.5 Å². The van der Waals surface area contributed by atoms with Gasteiger partial charge in [0.15, 0.2) is 0 Å². The lowest BCUT2D eigenvalue weighted by Gasteiger charge is -2.06. The zero-order valence-electron chi connectivity index (χ0n) is 15.4. The van der Waals surface area contributed by atoms with Gasteiger partial charge in [0.2, 0.25) is 0 Å². The summed E-state index contributed by atoms with van der Waals surface area (Å²) in [6, 6.07) is 14.9. The number of nitrogens with zero attached hydrogens (tertiary/aromatic N) is 4. The Morgan fingerprint density at radius 1 is 1.00 bits per heavy atom. The molecule has 7 nitrogen and oxygen atoms in total. The number of aromatic nitrogens is 4. The van der Waals surface area contributed by atoms with E-state index in [1.165, 1.54) is 15.5 Å². The average molecular weight is 373 g/mol. The molecule has 4 aromatic rings. The molecule has 140 valence electrons. The second-order valence-electron chi connectivity index (χ2n) is 6.48. The van der Waals surface area contributed by atoms with E-state index in [-0.39, 0.29) is 5.69 Å². The molecule has 2 aromatic carbocycles. The van der Waals surface area contributed by atoms with Gasteiger partial charge in [-0.3, -0.25) is 4.57 Å². The van der Waals surface area contributed by atoms with Gasteiger partial charge in [0.1, 0.15) is 6.33 Å². The van der Waals surface area contributed by atoms with Crippen molar-refractivity contribution in [1.29, 1.82) is 0 Å². The molecule has 2 heterocycles. The highest BCUT2D eigenvalue weighted by molar-refractivity contribution is 5.91. The first kappa shape index (κ1) is 17.7. The van der Waals surface area contributed by atoms with Crippen LogP contribution in [0.5, 0.6) is 0 Å². The SMILES string of the molecule is Cn1c(=O)n(C(=O)NCCc2ccccc2)c2ccc(-c3cncnc3)cc21. The summed E-state index contributed by atoms with van der Waals surface area (Å²) < 4.78 is 2.64. The monoisotopic (exact) mass is 373 g/mol. The van der Waals surface area contributed by atoms with Crippen molar-refractivity contribution in [3.63, 3.8) is 0 Å². The fourth-order valence-electron chi connectivity index (χ4n) is 3.20. The molecule has 0 bridgehead atoms. The maximum absolute atomic E-state index is 12.7. The van der Waals surface area contributed by atoms with E-state index in [9.17, 15) is 9.59 Å². The predicted molar refractivity (Wildman–Crippen MR) is 107 cm³/mol. The van der Waals surface area contributed by atoms with Crippen LogP contribution in [-0.2, 0) is 13.5 Å². The fourth-order valence-corrected chi connectivity index (χ4v) is 3.20. The quantitative estimate of drug-likeness (QED) is 0.596. The Bertz CT molecular complexity index is 1180. The number of hydrogen-bond donors (Lipinski definition) is 1. The normalized spacial score (nSPS) is 10.9. The Balaban J connectivity index is 1.61. The molecule has 0 aliphatic carbocycles. The molecule has 0 saturated carbocycles. The van der Waals surface area contributed by atoms with E-state index in [4.69, 9.17) is 0 Å². The van der Waals surface area contributed by atoms with Crippen LogP contribution in [0.2, 0.25) is 0 Å². The molecule has 1 N–H and O–H groups in total. The molecule has 4 rings (SSSR count). The molecule has 7 heteroatoms. The van der Waals surface area contributed by atoms with Gasteiger partial charge < -0.3 is 5.32 Å². The lowest BCUT2D eigenvalue weighted by Crippen LogP contribution is -2.37. The van der Waals surface area contributed by atoms with E-state index in [0.717, 1.165) is 16.7 Å². The summed E-state index contributed by atoms with van der Waals surface area (Å²) in [5.41, 5.74) is 3.70. The summed E-state index contributed by atoms with van der Waals surface area (Å²) in [5.74, 6) is 0. The van der Waals surface area contributed by atoms with Crippen molar-refractivity contribution in [2.75, 3.05) is 6.54 Å². The molecule has 2 aromatic heterocycles. The van der Waals surface area contributed by atoms with Gasteiger partial charge in [-0.2, -0.15) is 0 Å². The third kappa shape index (κ3) is 3.29. The molecule has 0 aliphatic heterocycles. The van der Waals surface area contributed by atoms with E-state index >= 15 is 0 Å². The van der Waals surface area contributed by atoms with Crippen LogP contribution in [0, 0.1) is 0 Å². The third-order valence-electron chi connectivity index (χ3n) is 4.69. The average Bonchev–Trinajstić information content (AvgIpc) is 2.99. The Hall–Kier alpha value is -3.74. The van der Waals surface area contributed by atoms with Crippen LogP contribution in [0.15, 0.2) is 72.0 Å². The number of imidazole rings is 1. The van der Waals surface area contributed by atoms with Gasteiger partial charge in [0, 0.05) is 31.5 Å². The largest absolute Gasteiger partial charge is 0.337 e. The summed E-state index contributed by atoms with van der Waals surface area (Å²) in [4.78, 5) is 33.4. The number of hydrogen-bond acceptors (Lipinski definition) is 4. The second-order valence-corrected chi connectivity index (χ2v) is 6.48. The standard InChI is InChI=1S/C21H19N5O2/c1-25-19-11-16(17-12-22-14-23-13-17)7-8-18(19)26(21(25)28)20(27)24-10-9-15-5-3-2-4-6-15/h2-8,11-14H,9-10H2,1H3,(H,24,27). The lowest BCUT2D eigenvalue weighted by molar-refractivity contribution is 0.242. The molecule has 1 amide bonds. The van der Waals surface area contributed by atoms with Gasteiger partial charge in [-0.05, 0) is 29.7 Å². The molecule has 0 radical (unpaired) electrons. The highest BCUT2D eigenvalue weighted by Crippen LogP contribution is 2.22. The number of carbonyl (C=O) groups excluding carboxylic acids is 1. The molecule has 0 atom stereocenters. The minimum Gasteiger partial charge on any atom is -0.337 e. The highest BCUT2D eigenvalue weighted by atomic mass is 16.2. The first-order valence-corrected chi connectivity index (χ1v) is 8.94. The number of carbonyl (C=O) groups is 1. The zero-order valence-corrected chi connectivity index (χ0v) is 15.4. The number of nitrogens with one attached hydrogen (secondary N) is 1. The first-order chi connectivity index (χ1) is 13.6. The Morgan fingerprint density at radius 2 is 1.75 bits per heavy atom. The summed E-state index contributed by atoms with van der Waals surface area (Å²) in [7, 11) is 1.66. The lowest BCUT2D eigenvalue weighted by atomic mass is 10.1. The summed E-state index contributed by atoms with van der Waals surface area (Å²) in [6.45, 7) is 0.450. The van der Waals surface area contributed by atoms with E-state index in [0.29, 0.717) is 24.0 Å². The van der Waals surface area contributed by atoms with Crippen LogP contribution >= 0.6 is 0 Å². The van der Waals surface area contributed by atoms with Gasteiger partial charge in [0.05, 0.1) is 11.0 Å². The number of amides is 1. The van der Waals surface area contributed by atoms with Gasteiger partial charge in [0.25, 0.3) is 0 Å². The minimum atomic E-state index is -0.428. The first-order valence-electron chi connectivity index (χ1n) is 8.94. The van der Waals surface area contributed by atoms with Gasteiger partial charge in [-0.25, -0.2) is 24.1 Å². The number of rotatable bonds is 4. The van der Waals surface area contributed by atoms with Crippen molar-refractivity contribution < 1.29 is 4.79 Å². The van der Waals surface area contributed by atoms with Crippen LogP contribution in [-0.4, -0.2) is 31.7 Å². The summed E-state index contributed by atoms with van der Waals surface area (Å²) in [6.07, 6.45) is 5.58. The molecule has 0 saturated heterocycles. The highest BCUT2D eigenvalue weighted by Gasteiger charge is 2.17. The van der Waals surface area contributed by atoms with Crippen LogP contribution in [0.25, 0.3) is 22.2 Å². The van der Waals surface area contributed by atoms with E-state index < -0.39 is 6.03 Å². The number of fused-ring (bicyclic) bond motifs is 1. The van der Waals surface area contributed by atoms with Crippen LogP contribution in [0.3, 0.4) is 0 Å². The summed E-state index contributed by atoms with van der Waals surface area (Å²) >= 11 is 0. The Morgan fingerprint density at radius 3 is 2.50 bits per heavy atom. The molecule has 0 fully saturated rings. The van der Waals surface area contributed by atoms with Crippen LogP contribution < -0.4 is 11.0 Å². The van der Waals surface area contributed by atoms with Gasteiger partial charge >= 0.3 is 11.7 Å². The van der Waals surface area contributed by atoms with Crippen LogP contribution in [0.4, 0.5) is 4.79 Å². The van der Waals surface area contributed by atoms with Crippen molar-refractivity contribution in [3.05, 3.63) is 83.3 Å². The summed E-state index contributed by atoms with van der Waals surface area (Å²) in [5, 5.41) is 2.83. The Labute approximate surface area is 161 Å².